The van der Waals surface area contributed by atoms with Crippen molar-refractivity contribution in [1.29, 1.82) is 0 Å². The van der Waals surface area contributed by atoms with Crippen LogP contribution in [0.25, 0.3) is 5.69 Å². The fraction of sp³-hybridized carbons (Fsp3) is 0.370. The maximum atomic E-state index is 13.1. The molecule has 1 aromatic heterocycles. The predicted octanol–water partition coefficient (Wildman–Crippen LogP) is 4.61. The molecule has 0 saturated heterocycles. The lowest BCUT2D eigenvalue weighted by Crippen LogP contribution is -2.42. The molecule has 0 spiro atoms. The van der Waals surface area contributed by atoms with E-state index in [0.29, 0.717) is 23.9 Å². The summed E-state index contributed by atoms with van der Waals surface area (Å²) in [6, 6.07) is 16.3. The fourth-order valence-electron chi connectivity index (χ4n) is 3.41. The van der Waals surface area contributed by atoms with E-state index >= 15 is 0 Å². The van der Waals surface area contributed by atoms with Gasteiger partial charge < -0.3 is 25.0 Å². The van der Waals surface area contributed by atoms with Crippen LogP contribution in [0.4, 0.5) is 16.3 Å². The van der Waals surface area contributed by atoms with E-state index in [-0.39, 0.29) is 24.4 Å². The topological polar surface area (TPSA) is 97.7 Å². The summed E-state index contributed by atoms with van der Waals surface area (Å²) < 4.78 is 12.0. The number of hydrogen-bond acceptors (Lipinski definition) is 5. The zero-order valence-corrected chi connectivity index (χ0v) is 21.8. The molecule has 3 amide bonds. The number of aromatic nitrogens is 2. The second-order valence-corrected chi connectivity index (χ2v) is 9.53. The number of ether oxygens (including phenoxy) is 2. The van der Waals surface area contributed by atoms with Crippen molar-refractivity contribution in [3.8, 4) is 11.4 Å². The average molecular weight is 494 g/mol. The second kappa shape index (κ2) is 11.7. The molecule has 2 N–H and O–H groups in total. The first kappa shape index (κ1) is 26.7. The minimum Gasteiger partial charge on any atom is -0.497 e. The van der Waals surface area contributed by atoms with Gasteiger partial charge in [-0.25, -0.2) is 9.48 Å². The van der Waals surface area contributed by atoms with E-state index in [1.807, 2.05) is 37.3 Å². The second-order valence-electron chi connectivity index (χ2n) is 9.53. The third-order valence-electron chi connectivity index (χ3n) is 5.55. The molecule has 0 aliphatic heterocycles. The summed E-state index contributed by atoms with van der Waals surface area (Å²) >= 11 is 0. The van der Waals surface area contributed by atoms with E-state index < -0.39 is 6.03 Å². The number of anilines is 2. The number of aryl methyl sites for hydroxylation is 1. The molecule has 2 aromatic carbocycles. The number of nitrogens with one attached hydrogen (secondary N) is 2. The molecule has 0 bridgehead atoms. The van der Waals surface area contributed by atoms with E-state index in [9.17, 15) is 9.59 Å². The summed E-state index contributed by atoms with van der Waals surface area (Å²) in [4.78, 5) is 27.4. The highest BCUT2D eigenvalue weighted by molar-refractivity contribution is 5.96. The fourth-order valence-corrected chi connectivity index (χ4v) is 3.41. The van der Waals surface area contributed by atoms with E-state index in [1.165, 1.54) is 4.90 Å². The van der Waals surface area contributed by atoms with Crippen LogP contribution in [0.3, 0.4) is 0 Å². The molecule has 9 heteroatoms. The molecule has 0 aliphatic carbocycles. The van der Waals surface area contributed by atoms with Crippen LogP contribution in [0, 0.1) is 6.92 Å². The van der Waals surface area contributed by atoms with Gasteiger partial charge in [-0.3, -0.25) is 4.79 Å². The van der Waals surface area contributed by atoms with Crippen LogP contribution < -0.4 is 15.4 Å². The highest BCUT2D eigenvalue weighted by Gasteiger charge is 2.23. The van der Waals surface area contributed by atoms with Crippen LogP contribution in [0.1, 0.15) is 32.0 Å². The van der Waals surface area contributed by atoms with E-state index in [2.05, 4.69) is 31.4 Å². The Hall–Kier alpha value is -3.85. The number of methoxy groups -OCH3 is 2. The van der Waals surface area contributed by atoms with Crippen LogP contribution in [-0.2, 0) is 14.9 Å². The van der Waals surface area contributed by atoms with Crippen LogP contribution in [0.15, 0.2) is 54.6 Å². The molecule has 0 aliphatic rings. The van der Waals surface area contributed by atoms with Crippen LogP contribution in [0.5, 0.6) is 5.75 Å². The molecule has 3 aromatic rings. The number of benzene rings is 2. The highest BCUT2D eigenvalue weighted by atomic mass is 16.5. The van der Waals surface area contributed by atoms with Gasteiger partial charge in [-0.15, -0.1) is 0 Å². The molecular weight excluding hydrogens is 458 g/mol. The number of rotatable bonds is 9. The number of carbonyl (C=O) groups excluding carboxylic acids is 2. The molecule has 3 rings (SSSR count). The van der Waals surface area contributed by atoms with Crippen molar-refractivity contribution in [2.24, 2.45) is 0 Å². The van der Waals surface area contributed by atoms with Gasteiger partial charge in [-0.2, -0.15) is 5.10 Å². The minimum absolute atomic E-state index is 0.157. The quantitative estimate of drug-likeness (QED) is 0.454. The van der Waals surface area contributed by atoms with Crippen molar-refractivity contribution < 1.29 is 19.1 Å². The lowest BCUT2D eigenvalue weighted by atomic mass is 9.92. The summed E-state index contributed by atoms with van der Waals surface area (Å²) in [5, 5.41) is 10.5. The number of carbonyl (C=O) groups is 2. The van der Waals surface area contributed by atoms with Gasteiger partial charge in [0.1, 0.15) is 18.1 Å². The smallest absolute Gasteiger partial charge is 0.322 e. The number of urea groups is 1. The molecule has 9 nitrogen and oxygen atoms in total. The Morgan fingerprint density at radius 2 is 1.67 bits per heavy atom. The van der Waals surface area contributed by atoms with Gasteiger partial charge in [0, 0.05) is 30.8 Å². The molecule has 0 unspecified atom stereocenters. The normalized spacial score (nSPS) is 11.2. The Morgan fingerprint density at radius 3 is 2.25 bits per heavy atom. The van der Waals surface area contributed by atoms with E-state index in [1.54, 1.807) is 43.2 Å². The Morgan fingerprint density at radius 1 is 1.00 bits per heavy atom. The van der Waals surface area contributed by atoms with Crippen LogP contribution in [-0.4, -0.2) is 60.5 Å². The van der Waals surface area contributed by atoms with E-state index in [4.69, 9.17) is 14.6 Å². The number of nitrogens with zero attached hydrogens (tertiary/aromatic N) is 3. The molecule has 0 atom stereocenters. The molecule has 1 heterocycles. The van der Waals surface area contributed by atoms with Crippen LogP contribution in [0.2, 0.25) is 0 Å². The van der Waals surface area contributed by atoms with E-state index in [0.717, 1.165) is 16.9 Å². The van der Waals surface area contributed by atoms with Gasteiger partial charge in [-0.1, -0.05) is 38.5 Å². The monoisotopic (exact) mass is 493 g/mol. The van der Waals surface area contributed by atoms with Crippen molar-refractivity contribution in [2.75, 3.05) is 44.5 Å². The standard InChI is InChI=1S/C27H35N5O4/c1-19-7-11-21(12-8-19)32-24(17-23(30-32)27(2,3)4)29-25(33)18-31(15-16-35-5)26(34)28-20-9-13-22(36-6)14-10-20/h7-14,17H,15-16,18H2,1-6H3,(H,28,34)(H,29,33). The first-order valence-electron chi connectivity index (χ1n) is 11.8. The van der Waals surface area contributed by atoms with Gasteiger partial charge in [0.2, 0.25) is 5.91 Å². The van der Waals surface area contributed by atoms with Gasteiger partial charge in [0.05, 0.1) is 25.1 Å². The maximum Gasteiger partial charge on any atom is 0.322 e. The Balaban J connectivity index is 1.78. The van der Waals surface area contributed by atoms with Crippen molar-refractivity contribution in [1.82, 2.24) is 14.7 Å². The van der Waals surface area contributed by atoms with Gasteiger partial charge in [0.25, 0.3) is 0 Å². The van der Waals surface area contributed by atoms with Crippen molar-refractivity contribution >= 4 is 23.4 Å². The molecule has 192 valence electrons. The number of amides is 3. The summed E-state index contributed by atoms with van der Waals surface area (Å²) in [5.74, 6) is 0.879. The third kappa shape index (κ3) is 7.08. The Kier molecular flexibility index (Phi) is 8.71. The third-order valence-corrected chi connectivity index (χ3v) is 5.55. The van der Waals surface area contributed by atoms with Crippen LogP contribution >= 0.6 is 0 Å². The first-order chi connectivity index (χ1) is 17.1. The Labute approximate surface area is 212 Å². The van der Waals surface area contributed by atoms with Crippen molar-refractivity contribution in [2.45, 2.75) is 33.1 Å². The largest absolute Gasteiger partial charge is 0.497 e. The average Bonchev–Trinajstić information content (AvgIpc) is 3.27. The summed E-state index contributed by atoms with van der Waals surface area (Å²) in [6.45, 7) is 8.59. The van der Waals surface area contributed by atoms with Crippen molar-refractivity contribution in [3.63, 3.8) is 0 Å². The van der Waals surface area contributed by atoms with Crippen molar-refractivity contribution in [3.05, 3.63) is 65.9 Å². The maximum absolute atomic E-state index is 13.1. The minimum atomic E-state index is -0.408. The first-order valence-corrected chi connectivity index (χ1v) is 11.8. The van der Waals surface area contributed by atoms with Gasteiger partial charge >= 0.3 is 6.03 Å². The van der Waals surface area contributed by atoms with Gasteiger partial charge in [-0.05, 0) is 43.3 Å². The molecule has 0 saturated carbocycles. The molecule has 0 fully saturated rings. The number of hydrogen-bond donors (Lipinski definition) is 2. The Bertz CT molecular complexity index is 1160. The van der Waals surface area contributed by atoms with Gasteiger partial charge in [0.15, 0.2) is 0 Å². The molecular formula is C27H35N5O4. The lowest BCUT2D eigenvalue weighted by Gasteiger charge is -2.22. The lowest BCUT2D eigenvalue weighted by molar-refractivity contribution is -0.116. The summed E-state index contributed by atoms with van der Waals surface area (Å²) in [7, 11) is 3.13. The zero-order valence-electron chi connectivity index (χ0n) is 21.8. The predicted molar refractivity (Wildman–Crippen MR) is 141 cm³/mol. The zero-order chi connectivity index (χ0) is 26.3. The molecule has 0 radical (unpaired) electrons. The SMILES string of the molecule is COCCN(CC(=O)Nc1cc(C(C)(C)C)nn1-c1ccc(C)cc1)C(=O)Nc1ccc(OC)cc1. The molecule has 36 heavy (non-hydrogen) atoms. The summed E-state index contributed by atoms with van der Waals surface area (Å²) in [5.41, 5.74) is 3.19. The summed E-state index contributed by atoms with van der Waals surface area (Å²) in [6.07, 6.45) is 0. The highest BCUT2D eigenvalue weighted by Crippen LogP contribution is 2.26.